The van der Waals surface area contributed by atoms with Gasteiger partial charge in [0.05, 0.1) is 11.7 Å². The summed E-state index contributed by atoms with van der Waals surface area (Å²) in [6, 6.07) is 2.36. The molecule has 0 radical (unpaired) electrons. The molecule has 2 unspecified atom stereocenters. The average molecular weight is 207 g/mol. The van der Waals surface area contributed by atoms with Crippen LogP contribution in [0.4, 0.5) is 0 Å². The molecular weight excluding hydrogens is 186 g/mol. The Bertz CT molecular complexity index is 261. The predicted molar refractivity (Wildman–Crippen MR) is 62.5 cm³/mol. The van der Waals surface area contributed by atoms with Crippen LogP contribution in [0, 0.1) is 5.92 Å². The van der Waals surface area contributed by atoms with Crippen LogP contribution >= 0.6 is 0 Å². The Morgan fingerprint density at radius 2 is 2.20 bits per heavy atom. The van der Waals surface area contributed by atoms with Crippen molar-refractivity contribution in [3.05, 3.63) is 24.3 Å². The van der Waals surface area contributed by atoms with Crippen molar-refractivity contribution in [3.8, 4) is 0 Å². The molecule has 0 saturated heterocycles. The Morgan fingerprint density at radius 3 is 2.73 bits per heavy atom. The second-order valence-electron chi connectivity index (χ2n) is 3.94. The van der Waals surface area contributed by atoms with Gasteiger partial charge < -0.3 is 5.32 Å². The molecule has 2 atom stereocenters. The van der Waals surface area contributed by atoms with E-state index >= 15 is 0 Å². The minimum absolute atomic E-state index is 0.359. The summed E-state index contributed by atoms with van der Waals surface area (Å²) >= 11 is 0. The third-order valence-electron chi connectivity index (χ3n) is 2.66. The Kier molecular flexibility index (Phi) is 5.26. The number of rotatable bonds is 6. The van der Waals surface area contributed by atoms with Gasteiger partial charge >= 0.3 is 0 Å². The number of nitrogens with one attached hydrogen (secondary N) is 1. The summed E-state index contributed by atoms with van der Waals surface area (Å²) in [7, 11) is 0. The maximum atomic E-state index is 4.33. The highest BCUT2D eigenvalue weighted by atomic mass is 15.0. The van der Waals surface area contributed by atoms with Crippen molar-refractivity contribution in [1.82, 2.24) is 15.3 Å². The molecule has 1 aromatic rings. The van der Waals surface area contributed by atoms with Gasteiger partial charge in [-0.3, -0.25) is 0 Å². The lowest BCUT2D eigenvalue weighted by molar-refractivity contribution is 0.362. The molecule has 1 heterocycles. The number of hydrogen-bond acceptors (Lipinski definition) is 3. The van der Waals surface area contributed by atoms with Gasteiger partial charge in [0.2, 0.25) is 0 Å². The quantitative estimate of drug-likeness (QED) is 0.779. The molecule has 0 bridgehead atoms. The van der Waals surface area contributed by atoms with Crippen LogP contribution in [0.3, 0.4) is 0 Å². The summed E-state index contributed by atoms with van der Waals surface area (Å²) in [4.78, 5) is 8.28. The molecule has 0 fully saturated rings. The van der Waals surface area contributed by atoms with Crippen LogP contribution in [0.5, 0.6) is 0 Å². The highest BCUT2D eigenvalue weighted by Gasteiger charge is 2.18. The zero-order chi connectivity index (χ0) is 11.1. The molecule has 0 aliphatic rings. The fourth-order valence-electron chi connectivity index (χ4n) is 1.92. The van der Waals surface area contributed by atoms with Gasteiger partial charge in [-0.2, -0.15) is 0 Å². The van der Waals surface area contributed by atoms with E-state index in [4.69, 9.17) is 0 Å². The SMILES string of the molecule is CCCC(C)C(NCC)c1ccncn1. The smallest absolute Gasteiger partial charge is 0.115 e. The summed E-state index contributed by atoms with van der Waals surface area (Å²) in [6.45, 7) is 7.61. The van der Waals surface area contributed by atoms with E-state index < -0.39 is 0 Å². The van der Waals surface area contributed by atoms with Crippen molar-refractivity contribution in [2.24, 2.45) is 5.92 Å². The largest absolute Gasteiger partial charge is 0.309 e. The first kappa shape index (κ1) is 12.1. The minimum atomic E-state index is 0.359. The molecule has 0 saturated carbocycles. The van der Waals surface area contributed by atoms with Crippen molar-refractivity contribution in [2.45, 2.75) is 39.7 Å². The second kappa shape index (κ2) is 6.51. The van der Waals surface area contributed by atoms with Gasteiger partial charge in [0.25, 0.3) is 0 Å². The zero-order valence-corrected chi connectivity index (χ0v) is 9.90. The minimum Gasteiger partial charge on any atom is -0.309 e. The second-order valence-corrected chi connectivity index (χ2v) is 3.94. The van der Waals surface area contributed by atoms with Crippen molar-refractivity contribution in [3.63, 3.8) is 0 Å². The van der Waals surface area contributed by atoms with Gasteiger partial charge in [0, 0.05) is 6.20 Å². The first-order chi connectivity index (χ1) is 7.29. The van der Waals surface area contributed by atoms with Gasteiger partial charge in [0.1, 0.15) is 6.33 Å². The van der Waals surface area contributed by atoms with Crippen molar-refractivity contribution in [2.75, 3.05) is 6.54 Å². The fraction of sp³-hybridized carbons (Fsp3) is 0.667. The van der Waals surface area contributed by atoms with E-state index in [1.54, 1.807) is 6.33 Å². The molecule has 15 heavy (non-hydrogen) atoms. The lowest BCUT2D eigenvalue weighted by atomic mass is 9.94. The van der Waals surface area contributed by atoms with E-state index in [-0.39, 0.29) is 0 Å². The number of nitrogens with zero attached hydrogens (tertiary/aromatic N) is 2. The molecule has 0 aliphatic heterocycles. The molecule has 1 rings (SSSR count). The molecule has 84 valence electrons. The third-order valence-corrected chi connectivity index (χ3v) is 2.66. The van der Waals surface area contributed by atoms with Crippen LogP contribution in [0.25, 0.3) is 0 Å². The van der Waals surface area contributed by atoms with Crippen LogP contribution < -0.4 is 5.32 Å². The van der Waals surface area contributed by atoms with E-state index in [9.17, 15) is 0 Å². The normalized spacial score (nSPS) is 14.9. The maximum Gasteiger partial charge on any atom is 0.115 e. The summed E-state index contributed by atoms with van der Waals surface area (Å²) in [5.41, 5.74) is 1.10. The van der Waals surface area contributed by atoms with E-state index in [0.29, 0.717) is 12.0 Å². The van der Waals surface area contributed by atoms with Gasteiger partial charge in [-0.15, -0.1) is 0 Å². The Morgan fingerprint density at radius 1 is 1.40 bits per heavy atom. The van der Waals surface area contributed by atoms with Gasteiger partial charge in [-0.1, -0.05) is 27.2 Å². The molecule has 0 aromatic carbocycles. The van der Waals surface area contributed by atoms with Crippen molar-refractivity contribution in [1.29, 1.82) is 0 Å². The summed E-state index contributed by atoms with van der Waals surface area (Å²) in [5.74, 6) is 0.616. The van der Waals surface area contributed by atoms with Crippen molar-refractivity contribution < 1.29 is 0 Å². The number of hydrogen-bond donors (Lipinski definition) is 1. The molecule has 1 N–H and O–H groups in total. The molecule has 3 nitrogen and oxygen atoms in total. The Hall–Kier alpha value is -0.960. The molecule has 3 heteroatoms. The van der Waals surface area contributed by atoms with Gasteiger partial charge in [-0.05, 0) is 24.9 Å². The van der Waals surface area contributed by atoms with Crippen LogP contribution in [-0.4, -0.2) is 16.5 Å². The molecule has 1 aromatic heterocycles. The molecular formula is C12H21N3. The van der Waals surface area contributed by atoms with Crippen LogP contribution in [-0.2, 0) is 0 Å². The van der Waals surface area contributed by atoms with Gasteiger partial charge in [0.15, 0.2) is 0 Å². The molecule has 0 spiro atoms. The standard InChI is InChI=1S/C12H21N3/c1-4-6-10(3)12(14-5-2)11-7-8-13-9-15-11/h7-10,12,14H,4-6H2,1-3H3. The molecule has 0 aliphatic carbocycles. The summed E-state index contributed by atoms with van der Waals surface area (Å²) in [6.07, 6.45) is 5.87. The van der Waals surface area contributed by atoms with E-state index in [0.717, 1.165) is 12.2 Å². The topological polar surface area (TPSA) is 37.8 Å². The number of aromatic nitrogens is 2. The first-order valence-electron chi connectivity index (χ1n) is 5.78. The molecule has 0 amide bonds. The zero-order valence-electron chi connectivity index (χ0n) is 9.90. The van der Waals surface area contributed by atoms with Crippen molar-refractivity contribution >= 4 is 0 Å². The van der Waals surface area contributed by atoms with Gasteiger partial charge in [-0.25, -0.2) is 9.97 Å². The maximum absolute atomic E-state index is 4.33. The van der Waals surface area contributed by atoms with Crippen LogP contribution in [0.1, 0.15) is 45.3 Å². The summed E-state index contributed by atoms with van der Waals surface area (Å²) < 4.78 is 0. The van der Waals surface area contributed by atoms with Crippen LogP contribution in [0.2, 0.25) is 0 Å². The van der Waals surface area contributed by atoms with E-state index in [1.807, 2.05) is 12.3 Å². The Labute approximate surface area is 92.3 Å². The summed E-state index contributed by atoms with van der Waals surface area (Å²) in [5, 5.41) is 3.49. The van der Waals surface area contributed by atoms with Crippen LogP contribution in [0.15, 0.2) is 18.6 Å². The fourth-order valence-corrected chi connectivity index (χ4v) is 1.92. The third kappa shape index (κ3) is 3.59. The highest BCUT2D eigenvalue weighted by molar-refractivity contribution is 5.05. The highest BCUT2D eigenvalue weighted by Crippen LogP contribution is 2.23. The van der Waals surface area contributed by atoms with E-state index in [1.165, 1.54) is 12.8 Å². The first-order valence-corrected chi connectivity index (χ1v) is 5.78. The predicted octanol–water partition coefficient (Wildman–Crippen LogP) is 2.56. The lowest BCUT2D eigenvalue weighted by Crippen LogP contribution is -2.27. The monoisotopic (exact) mass is 207 g/mol. The van der Waals surface area contributed by atoms with E-state index in [2.05, 4.69) is 36.1 Å². The lowest BCUT2D eigenvalue weighted by Gasteiger charge is -2.23. The average Bonchev–Trinajstić information content (AvgIpc) is 2.27. The Balaban J connectivity index is 2.73.